The van der Waals surface area contributed by atoms with Crippen molar-refractivity contribution in [3.8, 4) is 0 Å². The van der Waals surface area contributed by atoms with Gasteiger partial charge in [-0.3, -0.25) is 0 Å². The van der Waals surface area contributed by atoms with Crippen LogP contribution in [0.15, 0.2) is 0 Å². The SMILES string of the molecule is CCCC[N+](CCBr)(CCCC)CCCC.[Cl-]. The Morgan fingerprint density at radius 2 is 1.06 bits per heavy atom. The lowest BCUT2D eigenvalue weighted by Crippen LogP contribution is -3.00. The molecule has 0 spiro atoms. The fourth-order valence-corrected chi connectivity index (χ4v) is 3.08. The molecule has 0 aromatic carbocycles. The molecule has 0 fully saturated rings. The molecule has 0 saturated heterocycles. The van der Waals surface area contributed by atoms with Crippen LogP contribution in [0, 0.1) is 0 Å². The molecular formula is C14H31BrClN. The van der Waals surface area contributed by atoms with E-state index in [-0.39, 0.29) is 12.4 Å². The normalized spacial score (nSPS) is 11.3. The van der Waals surface area contributed by atoms with Crippen LogP contribution in [0.1, 0.15) is 59.3 Å². The minimum absolute atomic E-state index is 0. The van der Waals surface area contributed by atoms with E-state index in [2.05, 4.69) is 36.7 Å². The molecule has 0 N–H and O–H groups in total. The van der Waals surface area contributed by atoms with E-state index in [9.17, 15) is 0 Å². The zero-order valence-corrected chi connectivity index (χ0v) is 14.3. The number of hydrogen-bond donors (Lipinski definition) is 0. The predicted octanol–water partition coefficient (Wildman–Crippen LogP) is 1.60. The van der Waals surface area contributed by atoms with Gasteiger partial charge in [0.15, 0.2) is 0 Å². The smallest absolute Gasteiger partial charge is 0.0885 e. The predicted molar refractivity (Wildman–Crippen MR) is 78.2 cm³/mol. The van der Waals surface area contributed by atoms with Crippen LogP contribution in [0.4, 0.5) is 0 Å². The van der Waals surface area contributed by atoms with E-state index in [0.29, 0.717) is 0 Å². The number of hydrogen-bond acceptors (Lipinski definition) is 0. The zero-order valence-electron chi connectivity index (χ0n) is 12.0. The fraction of sp³-hybridized carbons (Fsp3) is 1.00. The van der Waals surface area contributed by atoms with Gasteiger partial charge in [-0.05, 0) is 19.3 Å². The van der Waals surface area contributed by atoms with E-state index in [0.717, 1.165) is 5.33 Å². The molecule has 0 rings (SSSR count). The molecule has 0 atom stereocenters. The van der Waals surface area contributed by atoms with Crippen molar-refractivity contribution in [2.45, 2.75) is 59.3 Å². The van der Waals surface area contributed by atoms with Crippen LogP contribution in [0.5, 0.6) is 0 Å². The quantitative estimate of drug-likeness (QED) is 0.399. The van der Waals surface area contributed by atoms with Gasteiger partial charge in [-0.25, -0.2) is 0 Å². The number of quaternary nitrogens is 1. The lowest BCUT2D eigenvalue weighted by molar-refractivity contribution is -0.926. The third-order valence-corrected chi connectivity index (χ3v) is 3.87. The average molecular weight is 329 g/mol. The molecule has 0 bridgehead atoms. The third-order valence-electron chi connectivity index (χ3n) is 3.52. The second kappa shape index (κ2) is 13.2. The van der Waals surface area contributed by atoms with Gasteiger partial charge in [0, 0.05) is 0 Å². The van der Waals surface area contributed by atoms with Gasteiger partial charge in [-0.2, -0.15) is 0 Å². The zero-order chi connectivity index (χ0) is 12.3. The second-order valence-corrected chi connectivity index (χ2v) is 5.78. The minimum atomic E-state index is 0. The van der Waals surface area contributed by atoms with E-state index in [1.54, 1.807) is 0 Å². The van der Waals surface area contributed by atoms with Crippen LogP contribution in [0.3, 0.4) is 0 Å². The van der Waals surface area contributed by atoms with Gasteiger partial charge in [0.1, 0.15) is 0 Å². The Hall–Kier alpha value is 0.730. The molecule has 0 saturated carbocycles. The highest BCUT2D eigenvalue weighted by Gasteiger charge is 2.24. The first kappa shape index (κ1) is 20.1. The van der Waals surface area contributed by atoms with Crippen LogP contribution in [0.25, 0.3) is 0 Å². The molecule has 0 aromatic rings. The topological polar surface area (TPSA) is 0 Å². The van der Waals surface area contributed by atoms with Gasteiger partial charge < -0.3 is 16.9 Å². The van der Waals surface area contributed by atoms with Gasteiger partial charge in [0.2, 0.25) is 0 Å². The van der Waals surface area contributed by atoms with Gasteiger partial charge in [0.25, 0.3) is 0 Å². The maximum absolute atomic E-state index is 3.65. The molecule has 0 aliphatic carbocycles. The first-order chi connectivity index (χ1) is 7.74. The second-order valence-electron chi connectivity index (χ2n) is 4.99. The molecule has 0 aliphatic rings. The first-order valence-electron chi connectivity index (χ1n) is 7.15. The molecule has 1 nitrogen and oxygen atoms in total. The number of rotatable bonds is 11. The van der Waals surface area contributed by atoms with Crippen molar-refractivity contribution in [2.75, 3.05) is 31.5 Å². The van der Waals surface area contributed by atoms with Crippen molar-refractivity contribution >= 4 is 15.9 Å². The van der Waals surface area contributed by atoms with Crippen LogP contribution in [-0.2, 0) is 0 Å². The molecule has 0 aromatic heterocycles. The summed E-state index contributed by atoms with van der Waals surface area (Å²) < 4.78 is 1.36. The number of nitrogens with zero attached hydrogens (tertiary/aromatic N) is 1. The largest absolute Gasteiger partial charge is 1.00 e. The lowest BCUT2D eigenvalue weighted by Gasteiger charge is -2.38. The van der Waals surface area contributed by atoms with Crippen LogP contribution < -0.4 is 12.4 Å². The Kier molecular flexibility index (Phi) is 15.5. The van der Waals surface area contributed by atoms with Gasteiger partial charge in [-0.15, -0.1) is 0 Å². The Balaban J connectivity index is 0. The minimum Gasteiger partial charge on any atom is -1.00 e. The van der Waals surface area contributed by atoms with Crippen molar-refractivity contribution in [2.24, 2.45) is 0 Å². The van der Waals surface area contributed by atoms with E-state index in [1.165, 1.54) is 69.2 Å². The molecular weight excluding hydrogens is 298 g/mol. The summed E-state index contributed by atoms with van der Waals surface area (Å²) in [4.78, 5) is 0. The highest BCUT2D eigenvalue weighted by molar-refractivity contribution is 9.09. The van der Waals surface area contributed by atoms with Crippen LogP contribution in [-0.4, -0.2) is 36.0 Å². The Bertz CT molecular complexity index is 131. The van der Waals surface area contributed by atoms with Gasteiger partial charge in [-0.1, -0.05) is 56.0 Å². The fourth-order valence-electron chi connectivity index (χ4n) is 2.33. The summed E-state index contributed by atoms with van der Waals surface area (Å²) in [6.07, 6.45) is 8.17. The highest BCUT2D eigenvalue weighted by atomic mass is 79.9. The summed E-state index contributed by atoms with van der Waals surface area (Å²) >= 11 is 3.65. The highest BCUT2D eigenvalue weighted by Crippen LogP contribution is 2.15. The molecule has 0 radical (unpaired) electrons. The monoisotopic (exact) mass is 327 g/mol. The van der Waals surface area contributed by atoms with E-state index in [4.69, 9.17) is 0 Å². The molecule has 0 unspecified atom stereocenters. The van der Waals surface area contributed by atoms with Crippen molar-refractivity contribution in [1.82, 2.24) is 0 Å². The van der Waals surface area contributed by atoms with Crippen LogP contribution >= 0.6 is 15.9 Å². The van der Waals surface area contributed by atoms with E-state index >= 15 is 0 Å². The van der Waals surface area contributed by atoms with E-state index in [1.807, 2.05) is 0 Å². The summed E-state index contributed by atoms with van der Waals surface area (Å²) in [5.41, 5.74) is 0. The van der Waals surface area contributed by atoms with Gasteiger partial charge in [0.05, 0.1) is 31.5 Å². The summed E-state index contributed by atoms with van der Waals surface area (Å²) in [5, 5.41) is 1.16. The molecule has 0 aliphatic heterocycles. The molecule has 3 heteroatoms. The first-order valence-corrected chi connectivity index (χ1v) is 8.27. The van der Waals surface area contributed by atoms with Crippen molar-refractivity contribution in [3.63, 3.8) is 0 Å². The maximum atomic E-state index is 3.65. The standard InChI is InChI=1S/C14H31BrN.ClH/c1-4-7-11-16(14-10-15,12-8-5-2)13-9-6-3;/h4-14H2,1-3H3;1H/q+1;/p-1. The third kappa shape index (κ3) is 9.32. The summed E-state index contributed by atoms with van der Waals surface area (Å²) in [6, 6.07) is 0. The molecule has 0 amide bonds. The van der Waals surface area contributed by atoms with Crippen molar-refractivity contribution in [3.05, 3.63) is 0 Å². The van der Waals surface area contributed by atoms with Gasteiger partial charge >= 0.3 is 0 Å². The Labute approximate surface area is 123 Å². The Morgan fingerprint density at radius 1 is 0.706 bits per heavy atom. The lowest BCUT2D eigenvalue weighted by atomic mass is 10.1. The number of unbranched alkanes of at least 4 members (excludes halogenated alkanes) is 3. The van der Waals surface area contributed by atoms with Crippen molar-refractivity contribution in [1.29, 1.82) is 0 Å². The maximum Gasteiger partial charge on any atom is 0.0885 e. The van der Waals surface area contributed by atoms with E-state index < -0.39 is 0 Å². The summed E-state index contributed by atoms with van der Waals surface area (Å²) in [5.74, 6) is 0. The average Bonchev–Trinajstić information content (AvgIpc) is 2.31. The summed E-state index contributed by atoms with van der Waals surface area (Å²) in [7, 11) is 0. The molecule has 106 valence electrons. The van der Waals surface area contributed by atoms with Crippen molar-refractivity contribution < 1.29 is 16.9 Å². The molecule has 17 heavy (non-hydrogen) atoms. The molecule has 0 heterocycles. The van der Waals surface area contributed by atoms with Crippen LogP contribution in [0.2, 0.25) is 0 Å². The number of halogens is 2. The Morgan fingerprint density at radius 3 is 1.29 bits per heavy atom. The number of alkyl halides is 1. The summed E-state index contributed by atoms with van der Waals surface area (Å²) in [6.45, 7) is 12.4.